The fourth-order valence-electron chi connectivity index (χ4n) is 5.36. The topological polar surface area (TPSA) is 132 Å². The number of hydrogen-bond donors (Lipinski definition) is 4. The molecule has 0 spiro atoms. The number of piperazine rings is 1. The van der Waals surface area contributed by atoms with Gasteiger partial charge in [-0.2, -0.15) is 0 Å². The van der Waals surface area contributed by atoms with E-state index in [1.807, 2.05) is 36.4 Å². The Balaban J connectivity index is 1.27. The summed E-state index contributed by atoms with van der Waals surface area (Å²) < 4.78 is 4.89. The van der Waals surface area contributed by atoms with Crippen LogP contribution in [0.1, 0.15) is 37.4 Å². The lowest BCUT2D eigenvalue weighted by molar-refractivity contribution is -0.110. The summed E-state index contributed by atoms with van der Waals surface area (Å²) in [4.78, 5) is 48.2. The second-order valence-corrected chi connectivity index (χ2v) is 10.7. The zero-order valence-electron chi connectivity index (χ0n) is 24.9. The number of nitrogens with zero attached hydrogens (tertiary/aromatic N) is 2. The molecule has 0 bridgehead atoms. The molecular formula is C33H37N5O6. The number of amides is 2. The molecule has 0 aliphatic carbocycles. The lowest BCUT2D eigenvalue weighted by Crippen LogP contribution is -2.48. The number of ether oxygens (including phenoxy) is 1. The van der Waals surface area contributed by atoms with Gasteiger partial charge in [-0.25, -0.2) is 10.3 Å². The molecule has 0 aromatic heterocycles. The Morgan fingerprint density at radius 1 is 0.932 bits per heavy atom. The first-order valence-electron chi connectivity index (χ1n) is 14.6. The summed E-state index contributed by atoms with van der Waals surface area (Å²) in [6.07, 6.45) is 0. The van der Waals surface area contributed by atoms with Gasteiger partial charge in [0.1, 0.15) is 0 Å². The number of fused-ring (bicyclic) bond motifs is 1. The van der Waals surface area contributed by atoms with Gasteiger partial charge in [0.15, 0.2) is 0 Å². The molecule has 0 saturated carbocycles. The maximum atomic E-state index is 13.3. The van der Waals surface area contributed by atoms with Crippen molar-refractivity contribution in [3.8, 4) is 0 Å². The first-order valence-corrected chi connectivity index (χ1v) is 14.6. The average molecular weight is 600 g/mol. The van der Waals surface area contributed by atoms with Gasteiger partial charge in [-0.1, -0.05) is 30.3 Å². The van der Waals surface area contributed by atoms with E-state index in [0.29, 0.717) is 64.6 Å². The van der Waals surface area contributed by atoms with Gasteiger partial charge in [0.05, 0.1) is 42.8 Å². The molecule has 3 aromatic carbocycles. The number of hydroxylamine groups is 1. The van der Waals surface area contributed by atoms with Crippen molar-refractivity contribution in [3.63, 3.8) is 0 Å². The molecule has 0 atom stereocenters. The highest BCUT2D eigenvalue weighted by Crippen LogP contribution is 2.39. The summed E-state index contributed by atoms with van der Waals surface area (Å²) in [6, 6.07) is 19.8. The number of rotatable bonds is 11. The van der Waals surface area contributed by atoms with Crippen LogP contribution in [-0.4, -0.2) is 92.3 Å². The predicted molar refractivity (Wildman–Crippen MR) is 168 cm³/mol. The molecule has 1 saturated heterocycles. The smallest absolute Gasteiger partial charge is 0.338 e. The van der Waals surface area contributed by atoms with E-state index in [-0.39, 0.29) is 18.4 Å². The Morgan fingerprint density at radius 2 is 1.61 bits per heavy atom. The molecule has 2 aliphatic heterocycles. The normalized spacial score (nSPS) is 16.2. The number of nitrogens with one attached hydrogen (secondary N) is 3. The minimum absolute atomic E-state index is 0.171. The van der Waals surface area contributed by atoms with Crippen LogP contribution in [0.15, 0.2) is 66.7 Å². The zero-order valence-corrected chi connectivity index (χ0v) is 24.9. The molecule has 11 heteroatoms. The Labute approximate surface area is 256 Å². The number of carbonyl (C=O) groups excluding carboxylic acids is 3. The molecule has 5 rings (SSSR count). The van der Waals surface area contributed by atoms with E-state index in [9.17, 15) is 14.4 Å². The van der Waals surface area contributed by atoms with Crippen molar-refractivity contribution in [2.24, 2.45) is 0 Å². The molecule has 11 nitrogen and oxygen atoms in total. The minimum Gasteiger partial charge on any atom is -0.465 e. The summed E-state index contributed by atoms with van der Waals surface area (Å²) in [6.45, 7) is 7.34. The second-order valence-electron chi connectivity index (χ2n) is 10.7. The van der Waals surface area contributed by atoms with Gasteiger partial charge >= 0.3 is 5.97 Å². The first kappa shape index (κ1) is 30.9. The van der Waals surface area contributed by atoms with E-state index in [0.717, 1.165) is 31.7 Å². The molecule has 0 unspecified atom stereocenters. The van der Waals surface area contributed by atoms with E-state index >= 15 is 0 Å². The van der Waals surface area contributed by atoms with E-state index in [2.05, 4.69) is 25.9 Å². The number of anilines is 2. The van der Waals surface area contributed by atoms with Gasteiger partial charge in [0, 0.05) is 56.1 Å². The lowest BCUT2D eigenvalue weighted by Gasteiger charge is -2.34. The third kappa shape index (κ3) is 7.14. The molecule has 0 radical (unpaired) electrons. The van der Waals surface area contributed by atoms with Crippen LogP contribution in [0, 0.1) is 6.92 Å². The molecule has 1 fully saturated rings. The van der Waals surface area contributed by atoms with Crippen molar-refractivity contribution in [2.45, 2.75) is 6.92 Å². The summed E-state index contributed by atoms with van der Waals surface area (Å²) in [5.41, 5.74) is 7.72. The van der Waals surface area contributed by atoms with Crippen LogP contribution in [0.25, 0.3) is 11.3 Å². The first-order chi connectivity index (χ1) is 21.4. The molecule has 2 amide bonds. The summed E-state index contributed by atoms with van der Waals surface area (Å²) in [7, 11) is 1.32. The molecule has 2 aliphatic rings. The van der Waals surface area contributed by atoms with Gasteiger partial charge in [-0.05, 0) is 54.4 Å². The minimum atomic E-state index is -0.471. The van der Waals surface area contributed by atoms with Crippen molar-refractivity contribution in [3.05, 3.63) is 94.5 Å². The number of aryl methyl sites for hydroxylation is 1. The number of aliphatic hydroxyl groups is 1. The fourth-order valence-corrected chi connectivity index (χ4v) is 5.36. The number of β-amino-alcohol motifs (C(OH)–C–C–N with tert-alkyl or cyclic N) is 1. The average Bonchev–Trinajstić information content (AvgIpc) is 3.36. The van der Waals surface area contributed by atoms with Crippen LogP contribution in [0.3, 0.4) is 0 Å². The number of esters is 1. The molecule has 230 valence electrons. The van der Waals surface area contributed by atoms with Crippen molar-refractivity contribution >= 4 is 40.4 Å². The Morgan fingerprint density at radius 3 is 2.27 bits per heavy atom. The second kappa shape index (κ2) is 14.3. The third-order valence-corrected chi connectivity index (χ3v) is 7.80. The SMILES string of the molecule is COC(=O)c1cc2c(cc1C)C(=C(Nc1ccc(C(=O)NOCCN3CCN(CCO)CC3)cc1)c1ccccc1)C(=O)N2. The van der Waals surface area contributed by atoms with Gasteiger partial charge in [-0.3, -0.25) is 24.2 Å². The number of benzene rings is 3. The highest BCUT2D eigenvalue weighted by Gasteiger charge is 2.30. The van der Waals surface area contributed by atoms with Crippen molar-refractivity contribution in [1.82, 2.24) is 15.3 Å². The molecule has 44 heavy (non-hydrogen) atoms. The molecule has 3 aromatic rings. The third-order valence-electron chi connectivity index (χ3n) is 7.80. The molecule has 4 N–H and O–H groups in total. The van der Waals surface area contributed by atoms with Gasteiger partial charge in [0.2, 0.25) is 0 Å². The monoisotopic (exact) mass is 599 g/mol. The van der Waals surface area contributed by atoms with Crippen molar-refractivity contribution in [2.75, 3.05) is 70.2 Å². The lowest BCUT2D eigenvalue weighted by atomic mass is 9.96. The quantitative estimate of drug-likeness (QED) is 0.114. The van der Waals surface area contributed by atoms with E-state index in [1.165, 1.54) is 7.11 Å². The largest absolute Gasteiger partial charge is 0.465 e. The maximum Gasteiger partial charge on any atom is 0.338 e. The maximum absolute atomic E-state index is 13.3. The number of methoxy groups -OCH3 is 1. The summed E-state index contributed by atoms with van der Waals surface area (Å²) >= 11 is 0. The number of carbonyl (C=O) groups is 3. The zero-order chi connectivity index (χ0) is 31.1. The molecule has 2 heterocycles. The predicted octanol–water partition coefficient (Wildman–Crippen LogP) is 2.99. The Bertz CT molecular complexity index is 1530. The summed E-state index contributed by atoms with van der Waals surface area (Å²) in [5.74, 6) is -1.12. The fraction of sp³-hybridized carbons (Fsp3) is 0.303. The van der Waals surface area contributed by atoms with Crippen LogP contribution in [0.4, 0.5) is 11.4 Å². The number of hydrogen-bond acceptors (Lipinski definition) is 9. The van der Waals surface area contributed by atoms with Crippen molar-refractivity contribution < 1.29 is 29.1 Å². The van der Waals surface area contributed by atoms with E-state index in [1.54, 1.807) is 37.3 Å². The van der Waals surface area contributed by atoms with Crippen LogP contribution in [-0.2, 0) is 14.4 Å². The van der Waals surface area contributed by atoms with Gasteiger partial charge in [-0.15, -0.1) is 0 Å². The van der Waals surface area contributed by atoms with Crippen LogP contribution in [0.2, 0.25) is 0 Å². The van der Waals surface area contributed by atoms with E-state index < -0.39 is 5.97 Å². The van der Waals surface area contributed by atoms with Crippen LogP contribution >= 0.6 is 0 Å². The standard InChI is InChI=1S/C33H37N5O6/c1-22-20-27-28(21-26(22)33(42)43-2)35-32(41)29(27)30(23-6-4-3-5-7-23)34-25-10-8-24(9-11-25)31(40)36-44-19-17-38-14-12-37(13-15-38)16-18-39/h3-11,20-21,34,39H,12-19H2,1-2H3,(H,35,41)(H,36,40). The Hall–Kier alpha value is -4.55. The highest BCUT2D eigenvalue weighted by atomic mass is 16.7. The Kier molecular flexibility index (Phi) is 10.0. The van der Waals surface area contributed by atoms with Crippen LogP contribution in [0.5, 0.6) is 0 Å². The highest BCUT2D eigenvalue weighted by molar-refractivity contribution is 6.37. The van der Waals surface area contributed by atoms with Crippen LogP contribution < -0.4 is 16.1 Å². The van der Waals surface area contributed by atoms with Gasteiger partial charge in [0.25, 0.3) is 11.8 Å². The van der Waals surface area contributed by atoms with Crippen molar-refractivity contribution in [1.29, 1.82) is 0 Å². The molecular weight excluding hydrogens is 562 g/mol. The summed E-state index contributed by atoms with van der Waals surface area (Å²) in [5, 5.41) is 15.3. The van der Waals surface area contributed by atoms with E-state index in [4.69, 9.17) is 14.7 Å². The number of aliphatic hydroxyl groups excluding tert-OH is 1. The van der Waals surface area contributed by atoms with Gasteiger partial charge < -0.3 is 20.5 Å².